The van der Waals surface area contributed by atoms with Gasteiger partial charge in [0.2, 0.25) is 0 Å². The second-order valence-electron chi connectivity index (χ2n) is 6.49. The Morgan fingerprint density at radius 3 is 2.56 bits per heavy atom. The minimum Gasteiger partial charge on any atom is -0.497 e. The molecule has 2 aromatic rings. The highest BCUT2D eigenvalue weighted by Crippen LogP contribution is 2.29. The molecule has 1 saturated heterocycles. The van der Waals surface area contributed by atoms with E-state index in [0.717, 1.165) is 6.42 Å². The lowest BCUT2D eigenvalue weighted by Crippen LogP contribution is -2.33. The third kappa shape index (κ3) is 4.80. The lowest BCUT2D eigenvalue weighted by molar-refractivity contribution is 0.0748. The molecule has 0 spiro atoms. The lowest BCUT2D eigenvalue weighted by Gasteiger charge is -2.20. The molecule has 8 heteroatoms. The minimum absolute atomic E-state index is 0. The summed E-state index contributed by atoms with van der Waals surface area (Å²) in [5.41, 5.74) is 6.27. The number of hydrogen-bond acceptors (Lipinski definition) is 5. The van der Waals surface area contributed by atoms with E-state index in [-0.39, 0.29) is 30.3 Å². The summed E-state index contributed by atoms with van der Waals surface area (Å²) in [5.74, 6) is 0.846. The number of amides is 2. The van der Waals surface area contributed by atoms with E-state index in [9.17, 15) is 9.59 Å². The van der Waals surface area contributed by atoms with E-state index in [4.69, 9.17) is 10.5 Å². The molecular formula is C19H24ClN3O3S. The molecule has 146 valence electrons. The third-order valence-corrected chi connectivity index (χ3v) is 5.65. The van der Waals surface area contributed by atoms with Crippen LogP contribution < -0.4 is 15.8 Å². The quantitative estimate of drug-likeness (QED) is 0.793. The number of nitrogens with zero attached hydrogens (tertiary/aromatic N) is 1. The van der Waals surface area contributed by atoms with Crippen LogP contribution in [0.3, 0.4) is 0 Å². The van der Waals surface area contributed by atoms with Crippen LogP contribution in [0.15, 0.2) is 36.4 Å². The van der Waals surface area contributed by atoms with Gasteiger partial charge in [-0.3, -0.25) is 9.59 Å². The molecule has 1 aromatic heterocycles. The molecule has 6 nitrogen and oxygen atoms in total. The van der Waals surface area contributed by atoms with Gasteiger partial charge >= 0.3 is 0 Å². The summed E-state index contributed by atoms with van der Waals surface area (Å²) in [7, 11) is 1.58. The molecule has 1 aliphatic heterocycles. The highest BCUT2D eigenvalue weighted by molar-refractivity contribution is 7.18. The molecule has 3 N–H and O–H groups in total. The average molecular weight is 410 g/mol. The second kappa shape index (κ2) is 9.21. The number of methoxy groups -OCH3 is 1. The molecule has 1 aromatic carbocycles. The highest BCUT2D eigenvalue weighted by Gasteiger charge is 2.32. The van der Waals surface area contributed by atoms with Crippen molar-refractivity contribution in [2.45, 2.75) is 19.4 Å². The standard InChI is InChI=1S/C19H23N3O3S.ClH/c1-12-9-13(10-20)11-22(12)19(24)16-7-8-17(26-16)21-18(23)14-3-5-15(25-2)6-4-14;/h3-8,12-13H,9-11,20H2,1-2H3,(H,21,23);1H. The van der Waals surface area contributed by atoms with Crippen LogP contribution in [0.4, 0.5) is 5.00 Å². The first-order chi connectivity index (χ1) is 12.5. The first-order valence-corrected chi connectivity index (χ1v) is 9.39. The topological polar surface area (TPSA) is 84.7 Å². The number of rotatable bonds is 5. The van der Waals surface area contributed by atoms with E-state index in [1.165, 1.54) is 11.3 Å². The van der Waals surface area contributed by atoms with Gasteiger partial charge in [0.15, 0.2) is 0 Å². The van der Waals surface area contributed by atoms with Crippen molar-refractivity contribution in [3.8, 4) is 5.75 Å². The van der Waals surface area contributed by atoms with Gasteiger partial charge in [0.1, 0.15) is 5.75 Å². The van der Waals surface area contributed by atoms with Crippen molar-refractivity contribution in [2.24, 2.45) is 11.7 Å². The Hall–Kier alpha value is -2.09. The molecule has 1 aliphatic rings. The van der Waals surface area contributed by atoms with Crippen LogP contribution in [0, 0.1) is 5.92 Å². The number of carbonyl (C=O) groups excluding carboxylic acids is 2. The van der Waals surface area contributed by atoms with Gasteiger partial charge in [0, 0.05) is 18.2 Å². The van der Waals surface area contributed by atoms with Gasteiger partial charge < -0.3 is 20.7 Å². The zero-order chi connectivity index (χ0) is 18.7. The van der Waals surface area contributed by atoms with Gasteiger partial charge in [-0.05, 0) is 62.2 Å². The van der Waals surface area contributed by atoms with Gasteiger partial charge in [-0.15, -0.1) is 23.7 Å². The molecule has 0 saturated carbocycles. The third-order valence-electron chi connectivity index (χ3n) is 4.66. The summed E-state index contributed by atoms with van der Waals surface area (Å²) in [6.45, 7) is 3.34. The number of anilines is 1. The first kappa shape index (κ1) is 21.2. The maximum Gasteiger partial charge on any atom is 0.264 e. The molecule has 0 radical (unpaired) electrons. The number of carbonyl (C=O) groups is 2. The van der Waals surface area contributed by atoms with Gasteiger partial charge in [0.25, 0.3) is 11.8 Å². The molecule has 1 fully saturated rings. The summed E-state index contributed by atoms with van der Waals surface area (Å²) < 4.78 is 5.09. The number of likely N-dealkylation sites (tertiary alicyclic amines) is 1. The van der Waals surface area contributed by atoms with E-state index in [0.29, 0.717) is 40.2 Å². The van der Waals surface area contributed by atoms with Crippen molar-refractivity contribution < 1.29 is 14.3 Å². The molecule has 0 bridgehead atoms. The molecule has 2 atom stereocenters. The van der Waals surface area contributed by atoms with Crippen molar-refractivity contribution in [1.82, 2.24) is 4.90 Å². The summed E-state index contributed by atoms with van der Waals surface area (Å²) in [5, 5.41) is 3.49. The first-order valence-electron chi connectivity index (χ1n) is 8.58. The van der Waals surface area contributed by atoms with Crippen molar-refractivity contribution in [1.29, 1.82) is 0 Å². The SMILES string of the molecule is COc1ccc(C(=O)Nc2ccc(C(=O)N3CC(CN)CC3C)s2)cc1.Cl. The number of benzene rings is 1. The smallest absolute Gasteiger partial charge is 0.264 e. The summed E-state index contributed by atoms with van der Waals surface area (Å²) in [6.07, 6.45) is 0.939. The van der Waals surface area contributed by atoms with Gasteiger partial charge in [-0.25, -0.2) is 0 Å². The number of halogens is 1. The minimum atomic E-state index is -0.216. The summed E-state index contributed by atoms with van der Waals surface area (Å²) in [6, 6.07) is 10.6. The highest BCUT2D eigenvalue weighted by atomic mass is 35.5. The molecule has 2 heterocycles. The zero-order valence-corrected chi connectivity index (χ0v) is 16.9. The molecule has 2 unspecified atom stereocenters. The fourth-order valence-electron chi connectivity index (χ4n) is 3.18. The fourth-order valence-corrected chi connectivity index (χ4v) is 4.04. The van der Waals surface area contributed by atoms with E-state index < -0.39 is 0 Å². The predicted octanol–water partition coefficient (Wildman–Crippen LogP) is 3.24. The number of hydrogen-bond donors (Lipinski definition) is 2. The number of nitrogens with two attached hydrogens (primary N) is 1. The van der Waals surface area contributed by atoms with E-state index in [2.05, 4.69) is 5.32 Å². The number of thiophene rings is 1. The zero-order valence-electron chi connectivity index (χ0n) is 15.3. The van der Waals surface area contributed by atoms with Crippen LogP contribution in [0.5, 0.6) is 5.75 Å². The van der Waals surface area contributed by atoms with Crippen molar-refractivity contribution >= 4 is 40.6 Å². The van der Waals surface area contributed by atoms with Crippen LogP contribution in [-0.2, 0) is 0 Å². The Kier molecular flexibility index (Phi) is 7.24. The molecule has 2 amide bonds. The number of ether oxygens (including phenoxy) is 1. The Morgan fingerprint density at radius 1 is 1.26 bits per heavy atom. The van der Waals surface area contributed by atoms with Crippen molar-refractivity contribution in [3.05, 3.63) is 46.8 Å². The normalized spacial score (nSPS) is 18.7. The predicted molar refractivity (Wildman–Crippen MR) is 110 cm³/mol. The van der Waals surface area contributed by atoms with Crippen molar-refractivity contribution in [3.63, 3.8) is 0 Å². The Labute approximate surface area is 169 Å². The average Bonchev–Trinajstić information content (AvgIpc) is 3.27. The summed E-state index contributed by atoms with van der Waals surface area (Å²) >= 11 is 1.29. The van der Waals surface area contributed by atoms with E-state index in [1.807, 2.05) is 11.8 Å². The van der Waals surface area contributed by atoms with Gasteiger partial charge in [0.05, 0.1) is 17.0 Å². The van der Waals surface area contributed by atoms with Gasteiger partial charge in [-0.1, -0.05) is 0 Å². The summed E-state index contributed by atoms with van der Waals surface area (Å²) in [4.78, 5) is 27.6. The fraction of sp³-hybridized carbons (Fsp3) is 0.368. The largest absolute Gasteiger partial charge is 0.497 e. The van der Waals surface area contributed by atoms with Crippen LogP contribution >= 0.6 is 23.7 Å². The van der Waals surface area contributed by atoms with Crippen LogP contribution in [0.2, 0.25) is 0 Å². The van der Waals surface area contributed by atoms with E-state index >= 15 is 0 Å². The number of nitrogens with one attached hydrogen (secondary N) is 1. The van der Waals surface area contributed by atoms with Crippen molar-refractivity contribution in [2.75, 3.05) is 25.5 Å². The Balaban J connectivity index is 0.00000261. The maximum absolute atomic E-state index is 12.7. The Morgan fingerprint density at radius 2 is 1.96 bits per heavy atom. The van der Waals surface area contributed by atoms with Crippen LogP contribution in [0.25, 0.3) is 0 Å². The second-order valence-corrected chi connectivity index (χ2v) is 7.57. The molecule has 3 rings (SSSR count). The van der Waals surface area contributed by atoms with Crippen LogP contribution in [-0.4, -0.2) is 43.0 Å². The van der Waals surface area contributed by atoms with Crippen LogP contribution in [0.1, 0.15) is 33.4 Å². The lowest BCUT2D eigenvalue weighted by atomic mass is 10.1. The Bertz CT molecular complexity index is 794. The molecule has 27 heavy (non-hydrogen) atoms. The van der Waals surface area contributed by atoms with Gasteiger partial charge in [-0.2, -0.15) is 0 Å². The van der Waals surface area contributed by atoms with E-state index in [1.54, 1.807) is 43.5 Å². The molecular weight excluding hydrogens is 386 g/mol. The molecule has 0 aliphatic carbocycles. The maximum atomic E-state index is 12.7. The monoisotopic (exact) mass is 409 g/mol.